The summed E-state index contributed by atoms with van der Waals surface area (Å²) in [6.07, 6.45) is 4.56. The summed E-state index contributed by atoms with van der Waals surface area (Å²) in [6, 6.07) is 3.38. The average molecular weight is 260 g/mol. The maximum Gasteiger partial charge on any atom is 0.272 e. The van der Waals surface area contributed by atoms with Crippen LogP contribution in [0.25, 0.3) is 0 Å². The van der Waals surface area contributed by atoms with Gasteiger partial charge in [0.1, 0.15) is 17.3 Å². The summed E-state index contributed by atoms with van der Waals surface area (Å²) in [6.45, 7) is 4.57. The molecule has 6 heteroatoms. The fraction of sp³-hybridized carbons (Fsp3) is 0.308. The van der Waals surface area contributed by atoms with Crippen LogP contribution in [0.4, 0.5) is 5.82 Å². The minimum Gasteiger partial charge on any atom is -0.467 e. The molecule has 2 N–H and O–H groups in total. The normalized spacial score (nSPS) is 11.9. The molecule has 1 unspecified atom stereocenters. The predicted octanol–water partition coefficient (Wildman–Crippen LogP) is 1.99. The number of amides is 1. The van der Waals surface area contributed by atoms with E-state index in [0.29, 0.717) is 11.6 Å². The van der Waals surface area contributed by atoms with Crippen LogP contribution in [0.3, 0.4) is 0 Å². The van der Waals surface area contributed by atoms with Gasteiger partial charge in [0, 0.05) is 6.54 Å². The fourth-order valence-electron chi connectivity index (χ4n) is 1.60. The summed E-state index contributed by atoms with van der Waals surface area (Å²) < 4.78 is 5.22. The number of hydrogen-bond donors (Lipinski definition) is 2. The average Bonchev–Trinajstić information content (AvgIpc) is 2.94. The van der Waals surface area contributed by atoms with E-state index in [0.717, 1.165) is 6.54 Å². The second-order valence-electron chi connectivity index (χ2n) is 4.03. The SMILES string of the molecule is CCNc1cnc(C(=O)NC(C)c2ccco2)cn1. The van der Waals surface area contributed by atoms with Gasteiger partial charge in [-0.25, -0.2) is 9.97 Å². The van der Waals surface area contributed by atoms with Crippen molar-refractivity contribution in [1.82, 2.24) is 15.3 Å². The largest absolute Gasteiger partial charge is 0.467 e. The molecule has 2 aromatic heterocycles. The van der Waals surface area contributed by atoms with Gasteiger partial charge >= 0.3 is 0 Å². The van der Waals surface area contributed by atoms with Gasteiger partial charge in [0.15, 0.2) is 0 Å². The molecule has 0 aromatic carbocycles. The van der Waals surface area contributed by atoms with Crippen LogP contribution in [0.15, 0.2) is 35.2 Å². The summed E-state index contributed by atoms with van der Waals surface area (Å²) in [4.78, 5) is 20.1. The van der Waals surface area contributed by atoms with E-state index >= 15 is 0 Å². The zero-order valence-electron chi connectivity index (χ0n) is 10.9. The van der Waals surface area contributed by atoms with Crippen molar-refractivity contribution in [1.29, 1.82) is 0 Å². The van der Waals surface area contributed by atoms with E-state index in [1.165, 1.54) is 12.4 Å². The first kappa shape index (κ1) is 13.1. The molecule has 1 amide bonds. The van der Waals surface area contributed by atoms with E-state index in [2.05, 4.69) is 20.6 Å². The van der Waals surface area contributed by atoms with Crippen LogP contribution >= 0.6 is 0 Å². The molecule has 0 aliphatic rings. The molecule has 0 fully saturated rings. The highest BCUT2D eigenvalue weighted by Crippen LogP contribution is 2.12. The minimum atomic E-state index is -0.278. The maximum absolute atomic E-state index is 11.9. The third-order valence-corrected chi connectivity index (χ3v) is 2.56. The molecular weight excluding hydrogens is 244 g/mol. The minimum absolute atomic E-state index is 0.210. The molecule has 1 atom stereocenters. The Kier molecular flexibility index (Phi) is 4.12. The summed E-state index contributed by atoms with van der Waals surface area (Å²) >= 11 is 0. The van der Waals surface area contributed by atoms with E-state index < -0.39 is 0 Å². The van der Waals surface area contributed by atoms with E-state index in [1.807, 2.05) is 19.9 Å². The lowest BCUT2D eigenvalue weighted by atomic mass is 10.2. The Morgan fingerprint density at radius 1 is 1.42 bits per heavy atom. The third-order valence-electron chi connectivity index (χ3n) is 2.56. The lowest BCUT2D eigenvalue weighted by Gasteiger charge is -2.10. The van der Waals surface area contributed by atoms with Crippen LogP contribution in [0.2, 0.25) is 0 Å². The first-order chi connectivity index (χ1) is 9.20. The van der Waals surface area contributed by atoms with Gasteiger partial charge in [-0.3, -0.25) is 4.79 Å². The van der Waals surface area contributed by atoms with Crippen molar-refractivity contribution in [3.8, 4) is 0 Å². The van der Waals surface area contributed by atoms with Gasteiger partial charge in [-0.05, 0) is 26.0 Å². The van der Waals surface area contributed by atoms with Gasteiger partial charge in [0.25, 0.3) is 5.91 Å². The van der Waals surface area contributed by atoms with Crippen molar-refractivity contribution in [2.45, 2.75) is 19.9 Å². The van der Waals surface area contributed by atoms with Crippen LogP contribution in [0.5, 0.6) is 0 Å². The molecule has 2 aromatic rings. The molecule has 0 spiro atoms. The number of carbonyl (C=O) groups excluding carboxylic acids is 1. The van der Waals surface area contributed by atoms with Gasteiger partial charge in [-0.1, -0.05) is 0 Å². The lowest BCUT2D eigenvalue weighted by molar-refractivity contribution is 0.0930. The highest BCUT2D eigenvalue weighted by Gasteiger charge is 2.14. The Morgan fingerprint density at radius 3 is 2.84 bits per heavy atom. The van der Waals surface area contributed by atoms with E-state index in [4.69, 9.17) is 4.42 Å². The van der Waals surface area contributed by atoms with Crippen molar-refractivity contribution in [3.05, 3.63) is 42.2 Å². The Bertz CT molecular complexity index is 522. The van der Waals surface area contributed by atoms with Gasteiger partial charge in [0.05, 0.1) is 24.7 Å². The van der Waals surface area contributed by atoms with Gasteiger partial charge < -0.3 is 15.1 Å². The van der Waals surface area contributed by atoms with E-state index in [1.54, 1.807) is 12.3 Å². The summed E-state index contributed by atoms with van der Waals surface area (Å²) in [5.41, 5.74) is 0.278. The Morgan fingerprint density at radius 2 is 2.26 bits per heavy atom. The quantitative estimate of drug-likeness (QED) is 0.859. The van der Waals surface area contributed by atoms with Crippen LogP contribution < -0.4 is 10.6 Å². The molecule has 2 heterocycles. The zero-order chi connectivity index (χ0) is 13.7. The van der Waals surface area contributed by atoms with Gasteiger partial charge in [0.2, 0.25) is 0 Å². The summed E-state index contributed by atoms with van der Waals surface area (Å²) in [5.74, 6) is 1.07. The molecule has 19 heavy (non-hydrogen) atoms. The number of nitrogens with one attached hydrogen (secondary N) is 2. The summed E-state index contributed by atoms with van der Waals surface area (Å²) in [5, 5.41) is 5.81. The second-order valence-corrected chi connectivity index (χ2v) is 4.03. The summed E-state index contributed by atoms with van der Waals surface area (Å²) in [7, 11) is 0. The smallest absolute Gasteiger partial charge is 0.272 e. The van der Waals surface area contributed by atoms with E-state index in [-0.39, 0.29) is 17.6 Å². The molecule has 0 aliphatic heterocycles. The highest BCUT2D eigenvalue weighted by molar-refractivity contribution is 5.92. The molecule has 2 rings (SSSR count). The van der Waals surface area contributed by atoms with Crippen LogP contribution in [-0.2, 0) is 0 Å². The number of anilines is 1. The third kappa shape index (κ3) is 3.31. The first-order valence-corrected chi connectivity index (χ1v) is 6.11. The van der Waals surface area contributed by atoms with Crippen molar-refractivity contribution in [3.63, 3.8) is 0 Å². The number of furan rings is 1. The maximum atomic E-state index is 11.9. The number of rotatable bonds is 5. The Labute approximate surface area is 111 Å². The highest BCUT2D eigenvalue weighted by atomic mass is 16.3. The van der Waals surface area contributed by atoms with E-state index in [9.17, 15) is 4.79 Å². The van der Waals surface area contributed by atoms with Crippen LogP contribution in [0, 0.1) is 0 Å². The second kappa shape index (κ2) is 5.99. The molecule has 0 aliphatic carbocycles. The molecular formula is C13H16N4O2. The molecule has 0 saturated heterocycles. The number of nitrogens with zero attached hydrogens (tertiary/aromatic N) is 2. The molecule has 0 radical (unpaired) electrons. The van der Waals surface area contributed by atoms with Crippen LogP contribution in [0.1, 0.15) is 36.1 Å². The zero-order valence-corrected chi connectivity index (χ0v) is 10.9. The van der Waals surface area contributed by atoms with Crippen molar-refractivity contribution in [2.75, 3.05) is 11.9 Å². The van der Waals surface area contributed by atoms with Crippen molar-refractivity contribution >= 4 is 11.7 Å². The monoisotopic (exact) mass is 260 g/mol. The number of hydrogen-bond acceptors (Lipinski definition) is 5. The van der Waals surface area contributed by atoms with Gasteiger partial charge in [-0.2, -0.15) is 0 Å². The molecule has 100 valence electrons. The first-order valence-electron chi connectivity index (χ1n) is 6.11. The predicted molar refractivity (Wildman–Crippen MR) is 70.8 cm³/mol. The Balaban J connectivity index is 1.99. The van der Waals surface area contributed by atoms with Crippen LogP contribution in [-0.4, -0.2) is 22.4 Å². The van der Waals surface area contributed by atoms with Gasteiger partial charge in [-0.15, -0.1) is 0 Å². The fourth-order valence-corrected chi connectivity index (χ4v) is 1.60. The lowest BCUT2D eigenvalue weighted by Crippen LogP contribution is -2.27. The van der Waals surface area contributed by atoms with Crippen molar-refractivity contribution < 1.29 is 9.21 Å². The number of carbonyl (C=O) groups is 1. The molecule has 6 nitrogen and oxygen atoms in total. The molecule has 0 saturated carbocycles. The Hall–Kier alpha value is -2.37. The standard InChI is InChI=1S/C13H16N4O2/c1-3-14-12-8-15-10(7-16-12)13(18)17-9(2)11-5-4-6-19-11/h4-9H,3H2,1-2H3,(H,14,16)(H,17,18). The topological polar surface area (TPSA) is 80.0 Å². The van der Waals surface area contributed by atoms with Crippen molar-refractivity contribution in [2.24, 2.45) is 0 Å². The number of aromatic nitrogens is 2. The molecule has 0 bridgehead atoms.